The van der Waals surface area contributed by atoms with E-state index in [1.54, 1.807) is 23.1 Å². The number of carbonyl (C=O) groups excluding carboxylic acids is 2. The zero-order chi connectivity index (χ0) is 22.0. The topological polar surface area (TPSA) is 83.5 Å². The minimum absolute atomic E-state index is 0.0512. The summed E-state index contributed by atoms with van der Waals surface area (Å²) in [5, 5.41) is 0. The van der Waals surface area contributed by atoms with Crippen LogP contribution in [0.5, 0.6) is 0 Å². The van der Waals surface area contributed by atoms with Gasteiger partial charge in [-0.1, -0.05) is 42.5 Å². The van der Waals surface area contributed by atoms with Gasteiger partial charge in [-0.05, 0) is 54.8 Å². The number of hydrogen-bond donors (Lipinski definition) is 1. The van der Waals surface area contributed by atoms with Gasteiger partial charge in [0.05, 0.1) is 11.4 Å². The van der Waals surface area contributed by atoms with Crippen molar-refractivity contribution < 1.29 is 18.0 Å². The van der Waals surface area contributed by atoms with E-state index in [0.29, 0.717) is 30.6 Å². The first-order valence-corrected chi connectivity index (χ1v) is 11.4. The standard InChI is InChI=1S/C24H22N2O4S/c1-17(27)19-7-11-22(12-8-19)31(29,30)25-21-10-13-23-20(15-21)9-14-24(28)26(23)16-18-5-3-2-4-6-18/h2-8,10-13,15,25H,9,14,16H2,1H3. The molecule has 1 aliphatic rings. The average molecular weight is 435 g/mol. The highest BCUT2D eigenvalue weighted by atomic mass is 32.2. The second-order valence-electron chi connectivity index (χ2n) is 7.50. The molecule has 3 aromatic carbocycles. The second kappa shape index (κ2) is 8.35. The molecular weight excluding hydrogens is 412 g/mol. The van der Waals surface area contributed by atoms with Gasteiger partial charge >= 0.3 is 0 Å². The van der Waals surface area contributed by atoms with Crippen molar-refractivity contribution in [1.29, 1.82) is 0 Å². The van der Waals surface area contributed by atoms with E-state index in [-0.39, 0.29) is 16.6 Å². The fourth-order valence-corrected chi connectivity index (χ4v) is 4.70. The van der Waals surface area contributed by atoms with E-state index in [1.165, 1.54) is 31.2 Å². The summed E-state index contributed by atoms with van der Waals surface area (Å²) in [5.74, 6) is -0.0727. The van der Waals surface area contributed by atoms with Gasteiger partial charge in [0.2, 0.25) is 5.91 Å². The van der Waals surface area contributed by atoms with Crippen molar-refractivity contribution >= 4 is 33.1 Å². The van der Waals surface area contributed by atoms with Crippen LogP contribution in [0.15, 0.2) is 77.7 Å². The predicted molar refractivity (Wildman–Crippen MR) is 120 cm³/mol. The Labute approximate surface area is 181 Å². The van der Waals surface area contributed by atoms with Gasteiger partial charge in [-0.2, -0.15) is 0 Å². The highest BCUT2D eigenvalue weighted by Crippen LogP contribution is 2.32. The Kier molecular flexibility index (Phi) is 5.61. The maximum atomic E-state index is 12.7. The summed E-state index contributed by atoms with van der Waals surface area (Å²) in [4.78, 5) is 25.8. The fourth-order valence-electron chi connectivity index (χ4n) is 3.65. The number of benzene rings is 3. The molecule has 4 rings (SSSR count). The Balaban J connectivity index is 1.57. The number of amides is 1. The van der Waals surface area contributed by atoms with Crippen LogP contribution in [0.3, 0.4) is 0 Å². The van der Waals surface area contributed by atoms with Crippen molar-refractivity contribution in [1.82, 2.24) is 0 Å². The van der Waals surface area contributed by atoms with Gasteiger partial charge in [0, 0.05) is 23.4 Å². The highest BCUT2D eigenvalue weighted by molar-refractivity contribution is 7.92. The molecule has 0 bridgehead atoms. The molecule has 6 nitrogen and oxygen atoms in total. The second-order valence-corrected chi connectivity index (χ2v) is 9.18. The van der Waals surface area contributed by atoms with Gasteiger partial charge in [-0.25, -0.2) is 8.42 Å². The lowest BCUT2D eigenvalue weighted by Gasteiger charge is -2.30. The van der Waals surface area contributed by atoms with Gasteiger partial charge in [-0.15, -0.1) is 0 Å². The number of rotatable bonds is 6. The van der Waals surface area contributed by atoms with Crippen LogP contribution in [0.25, 0.3) is 0 Å². The largest absolute Gasteiger partial charge is 0.308 e. The zero-order valence-electron chi connectivity index (χ0n) is 17.0. The van der Waals surface area contributed by atoms with Crippen molar-refractivity contribution in [3.8, 4) is 0 Å². The molecule has 1 N–H and O–H groups in total. The molecule has 0 aliphatic carbocycles. The maximum absolute atomic E-state index is 12.7. The van der Waals surface area contributed by atoms with E-state index >= 15 is 0 Å². The first-order valence-electron chi connectivity index (χ1n) is 9.94. The third-order valence-electron chi connectivity index (χ3n) is 5.29. The fraction of sp³-hybridized carbons (Fsp3) is 0.167. The van der Waals surface area contributed by atoms with Crippen LogP contribution in [-0.2, 0) is 27.8 Å². The lowest BCUT2D eigenvalue weighted by atomic mass is 10.00. The molecule has 1 heterocycles. The molecular formula is C24H22N2O4S. The van der Waals surface area contributed by atoms with Crippen molar-refractivity contribution in [2.75, 3.05) is 9.62 Å². The Morgan fingerprint density at radius 1 is 0.968 bits per heavy atom. The van der Waals surface area contributed by atoms with E-state index in [0.717, 1.165) is 16.8 Å². The molecule has 0 unspecified atom stereocenters. The predicted octanol–water partition coefficient (Wildman–Crippen LogP) is 4.17. The average Bonchev–Trinajstić information content (AvgIpc) is 2.76. The summed E-state index contributed by atoms with van der Waals surface area (Å²) in [6.07, 6.45) is 0.935. The number of nitrogens with one attached hydrogen (secondary N) is 1. The minimum atomic E-state index is -3.80. The van der Waals surface area contributed by atoms with Crippen molar-refractivity contribution in [2.24, 2.45) is 0 Å². The number of hydrogen-bond acceptors (Lipinski definition) is 4. The van der Waals surface area contributed by atoms with Crippen molar-refractivity contribution in [2.45, 2.75) is 31.2 Å². The number of nitrogens with zero attached hydrogens (tertiary/aromatic N) is 1. The summed E-state index contributed by atoms with van der Waals surface area (Å²) >= 11 is 0. The molecule has 0 saturated heterocycles. The van der Waals surface area contributed by atoms with Gasteiger partial charge in [0.1, 0.15) is 0 Å². The molecule has 0 radical (unpaired) electrons. The molecule has 0 atom stereocenters. The Morgan fingerprint density at radius 3 is 2.35 bits per heavy atom. The SMILES string of the molecule is CC(=O)c1ccc(S(=O)(=O)Nc2ccc3c(c2)CCC(=O)N3Cc2ccccc2)cc1. The van der Waals surface area contributed by atoms with Crippen LogP contribution >= 0.6 is 0 Å². The van der Waals surface area contributed by atoms with Crippen LogP contribution in [-0.4, -0.2) is 20.1 Å². The molecule has 1 amide bonds. The molecule has 3 aromatic rings. The molecule has 0 spiro atoms. The summed E-state index contributed by atoms with van der Waals surface area (Å²) in [5.41, 5.74) is 3.64. The zero-order valence-corrected chi connectivity index (χ0v) is 17.9. The first-order chi connectivity index (χ1) is 14.8. The number of aryl methyl sites for hydroxylation is 1. The van der Waals surface area contributed by atoms with E-state index < -0.39 is 10.0 Å². The van der Waals surface area contributed by atoms with Crippen LogP contribution in [0.4, 0.5) is 11.4 Å². The molecule has 31 heavy (non-hydrogen) atoms. The Morgan fingerprint density at radius 2 is 1.68 bits per heavy atom. The number of sulfonamides is 1. The molecule has 0 aromatic heterocycles. The van der Waals surface area contributed by atoms with Gasteiger partial charge in [-0.3, -0.25) is 14.3 Å². The van der Waals surface area contributed by atoms with E-state index in [4.69, 9.17) is 0 Å². The smallest absolute Gasteiger partial charge is 0.261 e. The number of Topliss-reactive ketones (excluding diaryl/α,β-unsaturated/α-hetero) is 1. The number of fused-ring (bicyclic) bond motifs is 1. The number of carbonyl (C=O) groups is 2. The van der Waals surface area contributed by atoms with E-state index in [9.17, 15) is 18.0 Å². The lowest BCUT2D eigenvalue weighted by molar-refractivity contribution is -0.119. The molecule has 158 valence electrons. The van der Waals surface area contributed by atoms with Gasteiger partial charge in [0.15, 0.2) is 5.78 Å². The Bertz CT molecular complexity index is 1240. The van der Waals surface area contributed by atoms with Crippen LogP contribution in [0.2, 0.25) is 0 Å². The van der Waals surface area contributed by atoms with E-state index in [2.05, 4.69) is 4.72 Å². The third kappa shape index (κ3) is 4.51. The summed E-state index contributed by atoms with van der Waals surface area (Å²) in [6, 6.07) is 20.8. The quantitative estimate of drug-likeness (QED) is 0.590. The summed E-state index contributed by atoms with van der Waals surface area (Å²) < 4.78 is 28.1. The van der Waals surface area contributed by atoms with Crippen molar-refractivity contribution in [3.05, 3.63) is 89.5 Å². The number of ketones is 1. The highest BCUT2D eigenvalue weighted by Gasteiger charge is 2.25. The van der Waals surface area contributed by atoms with Gasteiger partial charge < -0.3 is 4.90 Å². The van der Waals surface area contributed by atoms with Gasteiger partial charge in [0.25, 0.3) is 10.0 Å². The first kappa shape index (κ1) is 20.8. The van der Waals surface area contributed by atoms with Crippen molar-refractivity contribution in [3.63, 3.8) is 0 Å². The normalized spacial score (nSPS) is 13.6. The summed E-state index contributed by atoms with van der Waals surface area (Å²) in [6.45, 7) is 1.90. The van der Waals surface area contributed by atoms with Crippen LogP contribution in [0.1, 0.15) is 34.8 Å². The number of anilines is 2. The monoisotopic (exact) mass is 434 g/mol. The molecule has 7 heteroatoms. The lowest BCUT2D eigenvalue weighted by Crippen LogP contribution is -2.34. The van der Waals surface area contributed by atoms with Crippen LogP contribution in [0, 0.1) is 0 Å². The molecule has 1 aliphatic heterocycles. The molecule has 0 saturated carbocycles. The maximum Gasteiger partial charge on any atom is 0.261 e. The summed E-state index contributed by atoms with van der Waals surface area (Å²) in [7, 11) is -3.80. The minimum Gasteiger partial charge on any atom is -0.308 e. The molecule has 0 fully saturated rings. The third-order valence-corrected chi connectivity index (χ3v) is 6.68. The Hall–Kier alpha value is -3.45. The van der Waals surface area contributed by atoms with E-state index in [1.807, 2.05) is 30.3 Å². The van der Waals surface area contributed by atoms with Crippen LogP contribution < -0.4 is 9.62 Å².